The maximum Gasteiger partial charge on any atom is 0.155 e. The third-order valence-electron chi connectivity index (χ3n) is 12.6. The summed E-state index contributed by atoms with van der Waals surface area (Å²) >= 11 is 0. The third kappa shape index (κ3) is 2.65. The Hall–Kier alpha value is -0.920. The fraction of sp³-hybridized carbons (Fsp3) is 0.867. The standard InChI is InChI=1S/C30H46O2/c1-19(2)16-21(31)17-20(3)22-10-12-28(7)24-9-8-23-26(4,5)25(32)11-13-29(23)18-30(24,29)15-14-27(22,28)6/h16,20,22-24H,8-15,17-18H2,1-7H3/t20-,22-,23+,24-,27-,28+,29-,30+/m1/s1. The maximum absolute atomic E-state index is 12.8. The second-order valence-corrected chi connectivity index (χ2v) is 14.2. The first-order valence-electron chi connectivity index (χ1n) is 13.6. The summed E-state index contributed by atoms with van der Waals surface area (Å²) in [5, 5.41) is 0. The zero-order valence-corrected chi connectivity index (χ0v) is 21.8. The molecule has 0 unspecified atom stereocenters. The smallest absolute Gasteiger partial charge is 0.155 e. The first-order chi connectivity index (χ1) is 14.8. The van der Waals surface area contributed by atoms with Crippen LogP contribution in [0.1, 0.15) is 113 Å². The van der Waals surface area contributed by atoms with Crippen LogP contribution in [0.15, 0.2) is 11.6 Å². The lowest BCUT2D eigenvalue weighted by Gasteiger charge is -2.62. The van der Waals surface area contributed by atoms with E-state index in [1.54, 1.807) is 0 Å². The monoisotopic (exact) mass is 438 g/mol. The van der Waals surface area contributed by atoms with Crippen LogP contribution in [0.4, 0.5) is 0 Å². The lowest BCUT2D eigenvalue weighted by atomic mass is 9.42. The fourth-order valence-electron chi connectivity index (χ4n) is 11.0. The summed E-state index contributed by atoms with van der Waals surface area (Å²) in [5.74, 6) is 3.40. The molecule has 2 heteroatoms. The van der Waals surface area contributed by atoms with Crippen molar-refractivity contribution in [2.75, 3.05) is 0 Å². The second kappa shape index (κ2) is 6.82. The van der Waals surface area contributed by atoms with Crippen LogP contribution in [-0.2, 0) is 9.59 Å². The number of ketones is 2. The number of carbonyl (C=O) groups excluding carboxylic acids is 2. The number of rotatable bonds is 4. The zero-order chi connectivity index (χ0) is 23.3. The highest BCUT2D eigenvalue weighted by Gasteiger charge is 2.82. The van der Waals surface area contributed by atoms with Gasteiger partial charge in [0.25, 0.3) is 0 Å². The molecule has 5 rings (SSSR count). The van der Waals surface area contributed by atoms with Gasteiger partial charge in [0, 0.05) is 18.3 Å². The molecular weight excluding hydrogens is 392 g/mol. The number of carbonyl (C=O) groups is 2. The van der Waals surface area contributed by atoms with Crippen LogP contribution in [0.2, 0.25) is 0 Å². The van der Waals surface area contributed by atoms with Crippen molar-refractivity contribution in [2.45, 2.75) is 113 Å². The van der Waals surface area contributed by atoms with Gasteiger partial charge in [-0.3, -0.25) is 9.59 Å². The van der Waals surface area contributed by atoms with Crippen molar-refractivity contribution >= 4 is 11.6 Å². The molecule has 0 heterocycles. The molecule has 0 amide bonds. The molecule has 0 saturated heterocycles. The SMILES string of the molecule is CC(C)=CC(=O)C[C@@H](C)[C@H]1CC[C@@]2(C)[C@H]3CC[C@H]4C(C)(C)C(=O)CC[C@@]45C[C@@]35CC[C@]12C. The van der Waals surface area contributed by atoms with Crippen LogP contribution < -0.4 is 0 Å². The van der Waals surface area contributed by atoms with Gasteiger partial charge in [-0.15, -0.1) is 0 Å². The minimum absolute atomic E-state index is 0.119. The van der Waals surface area contributed by atoms with Crippen molar-refractivity contribution in [3.63, 3.8) is 0 Å². The van der Waals surface area contributed by atoms with E-state index in [-0.39, 0.29) is 5.41 Å². The van der Waals surface area contributed by atoms with Crippen molar-refractivity contribution < 1.29 is 9.59 Å². The van der Waals surface area contributed by atoms with Crippen molar-refractivity contribution in [3.05, 3.63) is 11.6 Å². The van der Waals surface area contributed by atoms with Gasteiger partial charge in [-0.05, 0) is 117 Å². The molecule has 5 fully saturated rings. The topological polar surface area (TPSA) is 34.1 Å². The minimum Gasteiger partial charge on any atom is -0.299 e. The van der Waals surface area contributed by atoms with Gasteiger partial charge < -0.3 is 0 Å². The summed E-state index contributed by atoms with van der Waals surface area (Å²) in [6, 6.07) is 0. The maximum atomic E-state index is 12.8. The van der Waals surface area contributed by atoms with Crippen LogP contribution in [0, 0.1) is 50.7 Å². The molecule has 178 valence electrons. The molecular formula is C30H46O2. The Labute approximate surface area is 196 Å². The molecule has 32 heavy (non-hydrogen) atoms. The molecule has 0 N–H and O–H groups in total. The Balaban J connectivity index is 1.42. The second-order valence-electron chi connectivity index (χ2n) is 14.2. The van der Waals surface area contributed by atoms with Gasteiger partial charge in [-0.2, -0.15) is 0 Å². The molecule has 0 aliphatic heterocycles. The molecule has 0 aromatic carbocycles. The number of allylic oxidation sites excluding steroid dienone is 2. The van der Waals surface area contributed by atoms with E-state index in [1.165, 1.54) is 51.4 Å². The van der Waals surface area contributed by atoms with Gasteiger partial charge in [0.15, 0.2) is 5.78 Å². The number of hydrogen-bond donors (Lipinski definition) is 0. The summed E-state index contributed by atoms with van der Waals surface area (Å²) in [5.41, 5.74) is 2.72. The van der Waals surface area contributed by atoms with E-state index in [2.05, 4.69) is 34.6 Å². The van der Waals surface area contributed by atoms with Crippen molar-refractivity contribution in [3.8, 4) is 0 Å². The Bertz CT molecular complexity index is 877. The van der Waals surface area contributed by atoms with Crippen molar-refractivity contribution in [1.82, 2.24) is 0 Å². The van der Waals surface area contributed by atoms with Gasteiger partial charge >= 0.3 is 0 Å². The lowest BCUT2D eigenvalue weighted by Crippen LogP contribution is -2.57. The largest absolute Gasteiger partial charge is 0.299 e. The Morgan fingerprint density at radius 2 is 1.59 bits per heavy atom. The molecule has 0 aromatic heterocycles. The first kappa shape index (κ1) is 22.9. The van der Waals surface area contributed by atoms with E-state index in [4.69, 9.17) is 0 Å². The minimum atomic E-state index is -0.119. The predicted octanol–water partition coefficient (Wildman–Crippen LogP) is 7.56. The van der Waals surface area contributed by atoms with Gasteiger partial charge in [-0.25, -0.2) is 0 Å². The summed E-state index contributed by atoms with van der Waals surface area (Å²) in [6.45, 7) is 16.2. The van der Waals surface area contributed by atoms with Gasteiger partial charge in [0.2, 0.25) is 0 Å². The summed E-state index contributed by atoms with van der Waals surface area (Å²) in [6.07, 6.45) is 13.9. The summed E-state index contributed by atoms with van der Waals surface area (Å²) in [4.78, 5) is 25.4. The Kier molecular flexibility index (Phi) is 4.87. The normalized spacial score (nSPS) is 49.2. The van der Waals surface area contributed by atoms with E-state index in [0.717, 1.165) is 17.9 Å². The van der Waals surface area contributed by atoms with Crippen LogP contribution >= 0.6 is 0 Å². The number of fused-ring (bicyclic) bond motifs is 2. The van der Waals surface area contributed by atoms with E-state index in [1.807, 2.05) is 19.9 Å². The quantitative estimate of drug-likeness (QED) is 0.424. The first-order valence-corrected chi connectivity index (χ1v) is 13.6. The molecule has 0 aromatic rings. The molecule has 0 bridgehead atoms. The van der Waals surface area contributed by atoms with Gasteiger partial charge in [0.1, 0.15) is 5.78 Å². The number of hydrogen-bond acceptors (Lipinski definition) is 2. The zero-order valence-electron chi connectivity index (χ0n) is 21.8. The van der Waals surface area contributed by atoms with Crippen LogP contribution in [0.25, 0.3) is 0 Å². The van der Waals surface area contributed by atoms with Crippen molar-refractivity contribution in [2.24, 2.45) is 50.7 Å². The van der Waals surface area contributed by atoms with Gasteiger partial charge in [0.05, 0.1) is 0 Å². The van der Waals surface area contributed by atoms with Gasteiger partial charge in [-0.1, -0.05) is 40.2 Å². The van der Waals surface area contributed by atoms with E-state index in [9.17, 15) is 9.59 Å². The highest BCUT2D eigenvalue weighted by molar-refractivity contribution is 5.90. The summed E-state index contributed by atoms with van der Waals surface area (Å²) < 4.78 is 0. The molecule has 2 spiro atoms. The summed E-state index contributed by atoms with van der Waals surface area (Å²) in [7, 11) is 0. The number of Topliss-reactive ketones (excluding diaryl/α,β-unsaturated/α-hetero) is 1. The predicted molar refractivity (Wildman–Crippen MR) is 130 cm³/mol. The average molecular weight is 439 g/mol. The van der Waals surface area contributed by atoms with Crippen LogP contribution in [0.5, 0.6) is 0 Å². The molecule has 0 radical (unpaired) electrons. The average Bonchev–Trinajstić information content (AvgIpc) is 3.27. The van der Waals surface area contributed by atoms with E-state index < -0.39 is 0 Å². The van der Waals surface area contributed by atoms with Crippen LogP contribution in [-0.4, -0.2) is 11.6 Å². The molecule has 5 saturated carbocycles. The fourth-order valence-corrected chi connectivity index (χ4v) is 11.0. The lowest BCUT2D eigenvalue weighted by molar-refractivity contribution is -0.157. The Morgan fingerprint density at radius 1 is 0.938 bits per heavy atom. The molecule has 5 aliphatic carbocycles. The third-order valence-corrected chi connectivity index (χ3v) is 12.6. The molecule has 8 atom stereocenters. The Morgan fingerprint density at radius 3 is 2.28 bits per heavy atom. The molecule has 5 aliphatic rings. The van der Waals surface area contributed by atoms with E-state index in [0.29, 0.717) is 57.4 Å². The van der Waals surface area contributed by atoms with Crippen molar-refractivity contribution in [1.29, 1.82) is 0 Å². The highest BCUT2D eigenvalue weighted by atomic mass is 16.1. The highest BCUT2D eigenvalue weighted by Crippen LogP contribution is 2.88. The van der Waals surface area contributed by atoms with Crippen LogP contribution in [0.3, 0.4) is 0 Å². The molecule has 2 nitrogen and oxygen atoms in total. The van der Waals surface area contributed by atoms with E-state index >= 15 is 0 Å².